The average Bonchev–Trinajstić information content (AvgIpc) is 2.81. The summed E-state index contributed by atoms with van der Waals surface area (Å²) in [5.41, 5.74) is 1.82. The lowest BCUT2D eigenvalue weighted by Crippen LogP contribution is -2.48. The van der Waals surface area contributed by atoms with Crippen LogP contribution in [0, 0.1) is 0 Å². The first-order valence-electron chi connectivity index (χ1n) is 10.4. The Hall–Kier alpha value is -3.51. The standard InChI is InChI=1S/C25H27N3O3/c1-30-22-11-7-8-20(18-22)28-16-14-27(15-17-28)19-25(29)26-23-12-5-6-13-24(23)31-21-9-3-2-4-10-21/h2-13,18H,14-17,19H2,1H3,(H,26,29). The minimum Gasteiger partial charge on any atom is -0.497 e. The van der Waals surface area contributed by atoms with Crippen LogP contribution in [0.2, 0.25) is 0 Å². The molecule has 4 rings (SSSR count). The Bertz CT molecular complexity index is 1000. The Morgan fingerprint density at radius 3 is 2.35 bits per heavy atom. The van der Waals surface area contributed by atoms with Crippen LogP contribution >= 0.6 is 0 Å². The molecule has 0 bridgehead atoms. The van der Waals surface area contributed by atoms with E-state index in [1.807, 2.05) is 72.8 Å². The summed E-state index contributed by atoms with van der Waals surface area (Å²) < 4.78 is 11.3. The van der Waals surface area contributed by atoms with Crippen molar-refractivity contribution in [1.29, 1.82) is 0 Å². The van der Waals surface area contributed by atoms with Crippen LogP contribution in [0.15, 0.2) is 78.9 Å². The van der Waals surface area contributed by atoms with Gasteiger partial charge in [-0.15, -0.1) is 0 Å². The molecule has 0 radical (unpaired) electrons. The van der Waals surface area contributed by atoms with Gasteiger partial charge in [-0.3, -0.25) is 9.69 Å². The molecular weight excluding hydrogens is 390 g/mol. The molecule has 6 nitrogen and oxygen atoms in total. The molecule has 1 heterocycles. The fourth-order valence-electron chi connectivity index (χ4n) is 3.64. The Balaban J connectivity index is 1.31. The van der Waals surface area contributed by atoms with E-state index in [0.29, 0.717) is 18.0 Å². The number of carbonyl (C=O) groups excluding carboxylic acids is 1. The quantitative estimate of drug-likeness (QED) is 0.623. The van der Waals surface area contributed by atoms with Gasteiger partial charge in [-0.2, -0.15) is 0 Å². The molecule has 1 N–H and O–H groups in total. The van der Waals surface area contributed by atoms with Gasteiger partial charge in [-0.1, -0.05) is 36.4 Å². The molecular formula is C25H27N3O3. The number of hydrogen-bond donors (Lipinski definition) is 1. The number of benzene rings is 3. The van der Waals surface area contributed by atoms with Crippen molar-refractivity contribution >= 4 is 17.3 Å². The minimum absolute atomic E-state index is 0.0426. The number of hydrogen-bond acceptors (Lipinski definition) is 5. The summed E-state index contributed by atoms with van der Waals surface area (Å²) in [6, 6.07) is 25.1. The maximum absolute atomic E-state index is 12.7. The van der Waals surface area contributed by atoms with E-state index >= 15 is 0 Å². The zero-order valence-corrected chi connectivity index (χ0v) is 17.7. The lowest BCUT2D eigenvalue weighted by Gasteiger charge is -2.35. The second kappa shape index (κ2) is 10.00. The van der Waals surface area contributed by atoms with Gasteiger partial charge in [0.1, 0.15) is 11.5 Å². The van der Waals surface area contributed by atoms with Crippen molar-refractivity contribution in [3.8, 4) is 17.2 Å². The number of methoxy groups -OCH3 is 1. The zero-order valence-electron chi connectivity index (χ0n) is 17.7. The summed E-state index contributed by atoms with van der Waals surface area (Å²) >= 11 is 0. The monoisotopic (exact) mass is 417 g/mol. The van der Waals surface area contributed by atoms with Gasteiger partial charge in [0, 0.05) is 37.9 Å². The summed E-state index contributed by atoms with van der Waals surface area (Å²) in [6.07, 6.45) is 0. The zero-order chi connectivity index (χ0) is 21.5. The lowest BCUT2D eigenvalue weighted by atomic mass is 10.2. The van der Waals surface area contributed by atoms with Gasteiger partial charge in [-0.25, -0.2) is 0 Å². The average molecular weight is 418 g/mol. The van der Waals surface area contributed by atoms with Crippen molar-refractivity contribution in [2.24, 2.45) is 0 Å². The van der Waals surface area contributed by atoms with Gasteiger partial charge < -0.3 is 19.7 Å². The van der Waals surface area contributed by atoms with E-state index in [1.165, 1.54) is 0 Å². The van der Waals surface area contributed by atoms with Crippen molar-refractivity contribution in [2.45, 2.75) is 0 Å². The second-order valence-corrected chi connectivity index (χ2v) is 7.42. The number of piperazine rings is 1. The molecule has 160 valence electrons. The number of nitrogens with one attached hydrogen (secondary N) is 1. The molecule has 1 amide bonds. The van der Waals surface area contributed by atoms with Gasteiger partial charge in [0.15, 0.2) is 5.75 Å². The number of nitrogens with zero attached hydrogens (tertiary/aromatic N) is 2. The summed E-state index contributed by atoms with van der Waals surface area (Å²) in [6.45, 7) is 3.74. The highest BCUT2D eigenvalue weighted by Gasteiger charge is 2.20. The van der Waals surface area contributed by atoms with Crippen LogP contribution in [0.1, 0.15) is 0 Å². The Morgan fingerprint density at radius 2 is 1.58 bits per heavy atom. The molecule has 1 aliphatic rings. The Kier molecular flexibility index (Phi) is 6.69. The number of para-hydroxylation sites is 3. The van der Waals surface area contributed by atoms with Gasteiger partial charge in [0.25, 0.3) is 0 Å². The highest BCUT2D eigenvalue weighted by Crippen LogP contribution is 2.29. The first kappa shape index (κ1) is 20.8. The second-order valence-electron chi connectivity index (χ2n) is 7.42. The molecule has 0 aliphatic carbocycles. The molecule has 0 saturated carbocycles. The van der Waals surface area contributed by atoms with E-state index in [9.17, 15) is 4.79 Å². The Morgan fingerprint density at radius 1 is 0.871 bits per heavy atom. The van der Waals surface area contributed by atoms with E-state index in [4.69, 9.17) is 9.47 Å². The highest BCUT2D eigenvalue weighted by molar-refractivity contribution is 5.93. The third-order valence-electron chi connectivity index (χ3n) is 5.29. The minimum atomic E-state index is -0.0426. The molecule has 0 aromatic heterocycles. The predicted molar refractivity (Wildman–Crippen MR) is 123 cm³/mol. The first-order chi connectivity index (χ1) is 15.2. The fraction of sp³-hybridized carbons (Fsp3) is 0.240. The van der Waals surface area contributed by atoms with E-state index in [1.54, 1.807) is 7.11 Å². The van der Waals surface area contributed by atoms with E-state index < -0.39 is 0 Å². The molecule has 31 heavy (non-hydrogen) atoms. The summed E-state index contributed by atoms with van der Waals surface area (Å²) in [7, 11) is 1.68. The molecule has 0 atom stereocenters. The van der Waals surface area contributed by atoms with Crippen LogP contribution in [-0.4, -0.2) is 50.6 Å². The summed E-state index contributed by atoms with van der Waals surface area (Å²) in [5.74, 6) is 2.18. The van der Waals surface area contributed by atoms with Crippen LogP contribution < -0.4 is 19.7 Å². The molecule has 0 unspecified atom stereocenters. The highest BCUT2D eigenvalue weighted by atomic mass is 16.5. The van der Waals surface area contributed by atoms with E-state index in [2.05, 4.69) is 21.2 Å². The molecule has 1 saturated heterocycles. The van der Waals surface area contributed by atoms with Gasteiger partial charge in [-0.05, 0) is 36.4 Å². The number of amides is 1. The predicted octanol–water partition coefficient (Wildman–Crippen LogP) is 4.25. The molecule has 1 aliphatic heterocycles. The largest absolute Gasteiger partial charge is 0.497 e. The molecule has 6 heteroatoms. The summed E-state index contributed by atoms with van der Waals surface area (Å²) in [5, 5.41) is 3.00. The maximum atomic E-state index is 12.7. The topological polar surface area (TPSA) is 54.0 Å². The first-order valence-corrected chi connectivity index (χ1v) is 10.4. The van der Waals surface area contributed by atoms with Crippen molar-refractivity contribution in [1.82, 2.24) is 4.90 Å². The van der Waals surface area contributed by atoms with Crippen LogP contribution in [-0.2, 0) is 4.79 Å². The van der Waals surface area contributed by atoms with Gasteiger partial charge >= 0.3 is 0 Å². The van der Waals surface area contributed by atoms with E-state index in [-0.39, 0.29) is 5.91 Å². The molecule has 3 aromatic rings. The normalized spacial score (nSPS) is 14.2. The third kappa shape index (κ3) is 5.55. The number of anilines is 2. The van der Waals surface area contributed by atoms with Crippen LogP contribution in [0.5, 0.6) is 17.2 Å². The molecule has 0 spiro atoms. The smallest absolute Gasteiger partial charge is 0.238 e. The third-order valence-corrected chi connectivity index (χ3v) is 5.29. The van der Waals surface area contributed by atoms with Gasteiger partial charge in [0.05, 0.1) is 19.3 Å². The van der Waals surface area contributed by atoms with Crippen molar-refractivity contribution < 1.29 is 14.3 Å². The van der Waals surface area contributed by atoms with Crippen molar-refractivity contribution in [3.63, 3.8) is 0 Å². The van der Waals surface area contributed by atoms with Crippen LogP contribution in [0.4, 0.5) is 11.4 Å². The van der Waals surface area contributed by atoms with Crippen LogP contribution in [0.25, 0.3) is 0 Å². The summed E-state index contributed by atoms with van der Waals surface area (Å²) in [4.78, 5) is 17.2. The Labute approximate surface area is 183 Å². The number of carbonyl (C=O) groups is 1. The molecule has 3 aromatic carbocycles. The number of ether oxygens (including phenoxy) is 2. The van der Waals surface area contributed by atoms with Gasteiger partial charge in [0.2, 0.25) is 5.91 Å². The fourth-order valence-corrected chi connectivity index (χ4v) is 3.64. The lowest BCUT2D eigenvalue weighted by molar-refractivity contribution is -0.117. The SMILES string of the molecule is COc1cccc(N2CCN(CC(=O)Nc3ccccc3Oc3ccccc3)CC2)c1. The van der Waals surface area contributed by atoms with E-state index in [0.717, 1.165) is 43.4 Å². The maximum Gasteiger partial charge on any atom is 0.238 e. The molecule has 1 fully saturated rings. The van der Waals surface area contributed by atoms with Crippen molar-refractivity contribution in [3.05, 3.63) is 78.9 Å². The van der Waals surface area contributed by atoms with Crippen molar-refractivity contribution in [2.75, 3.05) is 50.1 Å². The van der Waals surface area contributed by atoms with Crippen LogP contribution in [0.3, 0.4) is 0 Å². The number of rotatable bonds is 7.